The van der Waals surface area contributed by atoms with E-state index in [1.54, 1.807) is 10.7 Å². The minimum Gasteiger partial charge on any atom is -0.376 e. The predicted octanol–water partition coefficient (Wildman–Crippen LogP) is 3.50. The molecular weight excluding hydrogens is 376 g/mol. The Hall–Kier alpha value is -2.44. The monoisotopic (exact) mass is 398 g/mol. The van der Waals surface area contributed by atoms with Crippen LogP contribution < -0.4 is 5.32 Å². The Morgan fingerprint density at radius 3 is 2.82 bits per heavy atom. The minimum absolute atomic E-state index is 0.105. The number of amides is 1. The van der Waals surface area contributed by atoms with E-state index in [9.17, 15) is 4.79 Å². The zero-order chi connectivity index (χ0) is 19.7. The van der Waals surface area contributed by atoms with Gasteiger partial charge in [0.05, 0.1) is 12.3 Å². The van der Waals surface area contributed by atoms with Gasteiger partial charge in [-0.3, -0.25) is 4.79 Å². The van der Waals surface area contributed by atoms with Gasteiger partial charge in [-0.2, -0.15) is 5.10 Å². The Morgan fingerprint density at radius 1 is 1.32 bits per heavy atom. The molecule has 0 bridgehead atoms. The van der Waals surface area contributed by atoms with Crippen LogP contribution in [0, 0.1) is 13.8 Å². The van der Waals surface area contributed by atoms with Gasteiger partial charge in [-0.25, -0.2) is 9.50 Å². The predicted molar refractivity (Wildman–Crippen MR) is 108 cm³/mol. The zero-order valence-corrected chi connectivity index (χ0v) is 16.8. The number of aromatic nitrogens is 3. The standard InChI is InChI=1S/C21H23ClN4O2/c1-13-18(10-15-5-7-16(22)8-6-15)14(2)26-20(25-13)19(12-24-26)21(27)23-11-17-4-3-9-28-17/h5-8,12,17H,3-4,9-11H2,1-2H3,(H,23,27). The van der Waals surface area contributed by atoms with Crippen molar-refractivity contribution in [3.8, 4) is 0 Å². The summed E-state index contributed by atoms with van der Waals surface area (Å²) in [5.74, 6) is -0.165. The molecule has 3 aromatic rings. The molecule has 1 atom stereocenters. The van der Waals surface area contributed by atoms with Crippen LogP contribution in [0.25, 0.3) is 5.65 Å². The van der Waals surface area contributed by atoms with Crippen molar-refractivity contribution in [3.05, 3.63) is 63.6 Å². The third-order valence-corrected chi connectivity index (χ3v) is 5.51. The lowest BCUT2D eigenvalue weighted by atomic mass is 10.0. The van der Waals surface area contributed by atoms with Gasteiger partial charge in [-0.1, -0.05) is 23.7 Å². The Kier molecular flexibility index (Phi) is 5.33. The van der Waals surface area contributed by atoms with Crippen molar-refractivity contribution >= 4 is 23.2 Å². The van der Waals surface area contributed by atoms with E-state index < -0.39 is 0 Å². The topological polar surface area (TPSA) is 68.5 Å². The van der Waals surface area contributed by atoms with E-state index in [1.807, 2.05) is 38.1 Å². The quantitative estimate of drug-likeness (QED) is 0.714. The molecule has 6 nitrogen and oxygen atoms in total. The fourth-order valence-corrected chi connectivity index (χ4v) is 3.77. The summed E-state index contributed by atoms with van der Waals surface area (Å²) in [5.41, 5.74) is 5.20. The number of nitrogens with zero attached hydrogens (tertiary/aromatic N) is 3. The molecule has 2 aromatic heterocycles. The molecule has 3 heterocycles. The van der Waals surface area contributed by atoms with Crippen LogP contribution in [-0.4, -0.2) is 39.8 Å². The third-order valence-electron chi connectivity index (χ3n) is 5.26. The molecule has 1 fully saturated rings. The maximum atomic E-state index is 12.6. The van der Waals surface area contributed by atoms with Crippen molar-refractivity contribution < 1.29 is 9.53 Å². The first-order valence-corrected chi connectivity index (χ1v) is 9.89. The molecule has 4 rings (SSSR count). The molecule has 146 valence electrons. The summed E-state index contributed by atoms with van der Waals surface area (Å²) in [7, 11) is 0. The second-order valence-electron chi connectivity index (χ2n) is 7.20. The number of benzene rings is 1. The second kappa shape index (κ2) is 7.89. The molecule has 0 saturated carbocycles. The first kappa shape index (κ1) is 18.9. The summed E-state index contributed by atoms with van der Waals surface area (Å²) in [6, 6.07) is 7.80. The number of rotatable bonds is 5. The first-order valence-electron chi connectivity index (χ1n) is 9.51. The number of hydrogen-bond acceptors (Lipinski definition) is 4. The summed E-state index contributed by atoms with van der Waals surface area (Å²) in [4.78, 5) is 17.3. The lowest BCUT2D eigenvalue weighted by molar-refractivity contribution is 0.0859. The fraction of sp³-hybridized carbons (Fsp3) is 0.381. The van der Waals surface area contributed by atoms with Gasteiger partial charge in [0, 0.05) is 36.0 Å². The highest BCUT2D eigenvalue weighted by molar-refractivity contribution is 6.30. The van der Waals surface area contributed by atoms with Crippen molar-refractivity contribution in [1.82, 2.24) is 19.9 Å². The van der Waals surface area contributed by atoms with Gasteiger partial charge in [-0.15, -0.1) is 0 Å². The van der Waals surface area contributed by atoms with E-state index in [0.717, 1.165) is 53.4 Å². The Morgan fingerprint density at radius 2 is 2.11 bits per heavy atom. The lowest BCUT2D eigenvalue weighted by Gasteiger charge is -2.12. The van der Waals surface area contributed by atoms with Gasteiger partial charge in [0.1, 0.15) is 5.56 Å². The average Bonchev–Trinajstić information content (AvgIpc) is 3.34. The van der Waals surface area contributed by atoms with Gasteiger partial charge in [0.15, 0.2) is 5.65 Å². The number of halogens is 1. The first-order chi connectivity index (χ1) is 13.5. The summed E-state index contributed by atoms with van der Waals surface area (Å²) in [5, 5.41) is 8.08. The molecule has 1 aromatic carbocycles. The number of nitrogens with one attached hydrogen (secondary N) is 1. The molecule has 0 aliphatic carbocycles. The van der Waals surface area contributed by atoms with Crippen LogP contribution in [-0.2, 0) is 11.2 Å². The van der Waals surface area contributed by atoms with Gasteiger partial charge in [0.2, 0.25) is 0 Å². The van der Waals surface area contributed by atoms with E-state index in [4.69, 9.17) is 21.3 Å². The van der Waals surface area contributed by atoms with Crippen LogP contribution in [0.5, 0.6) is 0 Å². The van der Waals surface area contributed by atoms with Crippen LogP contribution in [0.15, 0.2) is 30.5 Å². The second-order valence-corrected chi connectivity index (χ2v) is 7.64. The average molecular weight is 399 g/mol. The Balaban J connectivity index is 1.59. The van der Waals surface area contributed by atoms with Crippen LogP contribution in [0.2, 0.25) is 5.02 Å². The summed E-state index contributed by atoms with van der Waals surface area (Å²) >= 11 is 5.98. The number of ether oxygens (including phenoxy) is 1. The highest BCUT2D eigenvalue weighted by atomic mass is 35.5. The molecule has 1 aliphatic rings. The van der Waals surface area contributed by atoms with Crippen LogP contribution in [0.3, 0.4) is 0 Å². The lowest BCUT2D eigenvalue weighted by Crippen LogP contribution is -2.31. The summed E-state index contributed by atoms with van der Waals surface area (Å²) in [6.07, 6.45) is 4.46. The molecule has 1 amide bonds. The van der Waals surface area contributed by atoms with Crippen LogP contribution in [0.1, 0.15) is 45.7 Å². The van der Waals surface area contributed by atoms with Crippen molar-refractivity contribution in [3.63, 3.8) is 0 Å². The third kappa shape index (κ3) is 3.75. The molecule has 0 radical (unpaired) electrons. The molecule has 1 aliphatic heterocycles. The van der Waals surface area contributed by atoms with E-state index >= 15 is 0 Å². The number of carbonyl (C=O) groups excluding carboxylic acids is 1. The van der Waals surface area contributed by atoms with Crippen molar-refractivity contribution in [1.29, 1.82) is 0 Å². The van der Waals surface area contributed by atoms with Crippen molar-refractivity contribution in [2.24, 2.45) is 0 Å². The smallest absolute Gasteiger partial charge is 0.256 e. The normalized spacial score (nSPS) is 16.6. The Bertz CT molecular complexity index is 1010. The van der Waals surface area contributed by atoms with Gasteiger partial charge < -0.3 is 10.1 Å². The van der Waals surface area contributed by atoms with Gasteiger partial charge in [-0.05, 0) is 49.9 Å². The number of aryl methyl sites for hydroxylation is 2. The molecule has 0 spiro atoms. The SMILES string of the molecule is Cc1nc2c(C(=O)NCC3CCCO3)cnn2c(C)c1Cc1ccc(Cl)cc1. The highest BCUT2D eigenvalue weighted by Crippen LogP contribution is 2.21. The highest BCUT2D eigenvalue weighted by Gasteiger charge is 2.21. The Labute approximate surface area is 168 Å². The van der Waals surface area contributed by atoms with Crippen LogP contribution >= 0.6 is 11.6 Å². The molecule has 1 unspecified atom stereocenters. The number of hydrogen-bond donors (Lipinski definition) is 1. The number of fused-ring (bicyclic) bond motifs is 1. The summed E-state index contributed by atoms with van der Waals surface area (Å²) < 4.78 is 7.32. The maximum absolute atomic E-state index is 12.6. The van der Waals surface area contributed by atoms with E-state index in [1.165, 1.54) is 0 Å². The minimum atomic E-state index is -0.165. The van der Waals surface area contributed by atoms with Crippen molar-refractivity contribution in [2.45, 2.75) is 39.2 Å². The molecule has 1 N–H and O–H groups in total. The largest absolute Gasteiger partial charge is 0.376 e. The van der Waals surface area contributed by atoms with Crippen molar-refractivity contribution in [2.75, 3.05) is 13.2 Å². The molecule has 28 heavy (non-hydrogen) atoms. The van der Waals surface area contributed by atoms with Gasteiger partial charge in [0.25, 0.3) is 5.91 Å². The molecule has 7 heteroatoms. The van der Waals surface area contributed by atoms with Gasteiger partial charge >= 0.3 is 0 Å². The zero-order valence-electron chi connectivity index (χ0n) is 16.0. The molecule has 1 saturated heterocycles. The van der Waals surface area contributed by atoms with E-state index in [0.29, 0.717) is 17.8 Å². The summed E-state index contributed by atoms with van der Waals surface area (Å²) in [6.45, 7) is 5.27. The van der Waals surface area contributed by atoms with E-state index in [-0.39, 0.29) is 12.0 Å². The van der Waals surface area contributed by atoms with E-state index in [2.05, 4.69) is 10.4 Å². The molecular formula is C21H23ClN4O2. The number of carbonyl (C=O) groups is 1. The fourth-order valence-electron chi connectivity index (χ4n) is 3.64. The van der Waals surface area contributed by atoms with Crippen LogP contribution in [0.4, 0.5) is 0 Å². The maximum Gasteiger partial charge on any atom is 0.256 e.